The molecule has 2 aromatic carbocycles. The van der Waals surface area contributed by atoms with Crippen molar-refractivity contribution in [1.29, 1.82) is 0 Å². The Morgan fingerprint density at radius 1 is 1.04 bits per heavy atom. The Balaban J connectivity index is 2.36. The zero-order chi connectivity index (χ0) is 17.4. The van der Waals surface area contributed by atoms with Crippen molar-refractivity contribution >= 4 is 27.9 Å². The highest BCUT2D eigenvalue weighted by atomic mass is 16.5. The molecule has 5 nitrogen and oxygen atoms in total. The Kier molecular flexibility index (Phi) is 4.09. The summed E-state index contributed by atoms with van der Waals surface area (Å²) in [6, 6.07) is 5.54. The van der Waals surface area contributed by atoms with Gasteiger partial charge in [0.25, 0.3) is 0 Å². The lowest BCUT2D eigenvalue weighted by Crippen LogP contribution is -2.09. The van der Waals surface area contributed by atoms with Crippen molar-refractivity contribution in [2.75, 3.05) is 20.8 Å². The summed E-state index contributed by atoms with van der Waals surface area (Å²) in [4.78, 5) is 12.3. The quantitative estimate of drug-likeness (QED) is 0.665. The molecule has 0 unspecified atom stereocenters. The summed E-state index contributed by atoms with van der Waals surface area (Å²) in [5.74, 6) is 0.902. The van der Waals surface area contributed by atoms with Gasteiger partial charge in [-0.15, -0.1) is 0 Å². The van der Waals surface area contributed by atoms with E-state index < -0.39 is 0 Å². The average molecular weight is 328 g/mol. The summed E-state index contributed by atoms with van der Waals surface area (Å²) in [5.41, 5.74) is 3.67. The van der Waals surface area contributed by atoms with E-state index in [1.54, 1.807) is 27.2 Å². The summed E-state index contributed by atoms with van der Waals surface area (Å²) in [6.45, 7) is 5.93. The first kappa shape index (κ1) is 16.2. The number of aryl methyl sites for hydroxylation is 2. The molecular formula is C19H20O5. The fourth-order valence-corrected chi connectivity index (χ4v) is 3.14. The fourth-order valence-electron chi connectivity index (χ4n) is 3.14. The van der Waals surface area contributed by atoms with Gasteiger partial charge in [-0.2, -0.15) is 0 Å². The molecule has 0 bridgehead atoms. The van der Waals surface area contributed by atoms with Gasteiger partial charge in [0, 0.05) is 16.8 Å². The van der Waals surface area contributed by atoms with Gasteiger partial charge >= 0.3 is 5.97 Å². The Morgan fingerprint density at radius 2 is 1.71 bits per heavy atom. The van der Waals surface area contributed by atoms with Crippen LogP contribution in [0.25, 0.3) is 21.9 Å². The van der Waals surface area contributed by atoms with Crippen LogP contribution in [0.3, 0.4) is 0 Å². The first-order valence-electron chi connectivity index (χ1n) is 7.77. The molecule has 24 heavy (non-hydrogen) atoms. The van der Waals surface area contributed by atoms with Crippen LogP contribution in [0.2, 0.25) is 0 Å². The standard InChI is InChI=1S/C19H20O5/c1-6-23-19(20)17-10(2)7-16-18(11(17)3)12-8-14(21-4)15(22-5)9-13(12)24-16/h7-9H,6H2,1-5H3. The number of hydrogen-bond donors (Lipinski definition) is 0. The lowest BCUT2D eigenvalue weighted by atomic mass is 9.97. The van der Waals surface area contributed by atoms with Gasteiger partial charge in [-0.3, -0.25) is 0 Å². The Labute approximate surface area is 140 Å². The third-order valence-electron chi connectivity index (χ3n) is 4.19. The number of rotatable bonds is 4. The number of furan rings is 1. The Hall–Kier alpha value is -2.69. The Bertz CT molecular complexity index is 936. The number of benzene rings is 2. The van der Waals surface area contributed by atoms with E-state index in [0.717, 1.165) is 27.5 Å². The van der Waals surface area contributed by atoms with Crippen LogP contribution in [0.1, 0.15) is 28.4 Å². The van der Waals surface area contributed by atoms with Crippen molar-refractivity contribution < 1.29 is 23.4 Å². The lowest BCUT2D eigenvalue weighted by Gasteiger charge is -2.10. The van der Waals surface area contributed by atoms with E-state index in [4.69, 9.17) is 18.6 Å². The monoisotopic (exact) mass is 328 g/mol. The highest BCUT2D eigenvalue weighted by Gasteiger charge is 2.21. The molecular weight excluding hydrogens is 308 g/mol. The van der Waals surface area contributed by atoms with Gasteiger partial charge in [-0.1, -0.05) is 0 Å². The number of hydrogen-bond acceptors (Lipinski definition) is 5. The molecule has 0 fully saturated rings. The zero-order valence-corrected chi connectivity index (χ0v) is 14.5. The topological polar surface area (TPSA) is 57.9 Å². The normalized spacial score (nSPS) is 11.0. The summed E-state index contributed by atoms with van der Waals surface area (Å²) in [6.07, 6.45) is 0. The predicted octanol–water partition coefficient (Wildman–Crippen LogP) is 4.40. The van der Waals surface area contributed by atoms with Gasteiger partial charge in [-0.25, -0.2) is 4.79 Å². The van der Waals surface area contributed by atoms with E-state index in [9.17, 15) is 4.79 Å². The van der Waals surface area contributed by atoms with E-state index in [1.807, 2.05) is 26.0 Å². The third-order valence-corrected chi connectivity index (χ3v) is 4.19. The number of carbonyl (C=O) groups excluding carboxylic acids is 1. The fraction of sp³-hybridized carbons (Fsp3) is 0.316. The summed E-state index contributed by atoms with van der Waals surface area (Å²) >= 11 is 0. The third kappa shape index (κ3) is 2.37. The highest BCUT2D eigenvalue weighted by molar-refractivity contribution is 6.11. The second-order valence-electron chi connectivity index (χ2n) is 5.59. The maximum absolute atomic E-state index is 12.3. The summed E-state index contributed by atoms with van der Waals surface area (Å²) in [7, 11) is 3.17. The van der Waals surface area contributed by atoms with Gasteiger partial charge in [-0.05, 0) is 44.0 Å². The van der Waals surface area contributed by atoms with Crippen LogP contribution in [-0.2, 0) is 4.74 Å². The van der Waals surface area contributed by atoms with Crippen LogP contribution in [0.4, 0.5) is 0 Å². The largest absolute Gasteiger partial charge is 0.493 e. The van der Waals surface area contributed by atoms with Crippen LogP contribution in [-0.4, -0.2) is 26.8 Å². The smallest absolute Gasteiger partial charge is 0.338 e. The van der Waals surface area contributed by atoms with Crippen LogP contribution in [0.5, 0.6) is 11.5 Å². The van der Waals surface area contributed by atoms with E-state index in [1.165, 1.54) is 0 Å². The van der Waals surface area contributed by atoms with Crippen LogP contribution >= 0.6 is 0 Å². The lowest BCUT2D eigenvalue weighted by molar-refractivity contribution is 0.0525. The molecule has 0 radical (unpaired) electrons. The Morgan fingerprint density at radius 3 is 2.33 bits per heavy atom. The second kappa shape index (κ2) is 6.07. The van der Waals surface area contributed by atoms with Crippen LogP contribution in [0, 0.1) is 13.8 Å². The molecule has 0 aliphatic carbocycles. The molecule has 0 aliphatic heterocycles. The molecule has 1 heterocycles. The van der Waals surface area contributed by atoms with Gasteiger partial charge in [0.15, 0.2) is 11.5 Å². The van der Waals surface area contributed by atoms with Crippen LogP contribution in [0.15, 0.2) is 22.6 Å². The molecule has 5 heteroatoms. The molecule has 0 aliphatic rings. The first-order chi connectivity index (χ1) is 11.5. The molecule has 126 valence electrons. The molecule has 0 saturated carbocycles. The first-order valence-corrected chi connectivity index (χ1v) is 7.77. The number of methoxy groups -OCH3 is 2. The second-order valence-corrected chi connectivity index (χ2v) is 5.59. The van der Waals surface area contributed by atoms with Crippen molar-refractivity contribution in [1.82, 2.24) is 0 Å². The van der Waals surface area contributed by atoms with E-state index in [-0.39, 0.29) is 5.97 Å². The molecule has 1 aromatic heterocycles. The van der Waals surface area contributed by atoms with E-state index >= 15 is 0 Å². The minimum atomic E-state index is -0.316. The predicted molar refractivity (Wildman–Crippen MR) is 92.3 cm³/mol. The van der Waals surface area contributed by atoms with E-state index in [2.05, 4.69) is 0 Å². The van der Waals surface area contributed by atoms with E-state index in [0.29, 0.717) is 29.3 Å². The number of fused-ring (bicyclic) bond motifs is 3. The van der Waals surface area contributed by atoms with Crippen molar-refractivity contribution in [3.05, 3.63) is 34.9 Å². The average Bonchev–Trinajstić information content (AvgIpc) is 2.90. The number of ether oxygens (including phenoxy) is 3. The van der Waals surface area contributed by atoms with Gasteiger partial charge in [0.2, 0.25) is 0 Å². The minimum absolute atomic E-state index is 0.316. The van der Waals surface area contributed by atoms with Crippen molar-refractivity contribution in [2.24, 2.45) is 0 Å². The summed E-state index contributed by atoms with van der Waals surface area (Å²) in [5, 5.41) is 1.77. The minimum Gasteiger partial charge on any atom is -0.493 e. The van der Waals surface area contributed by atoms with Crippen LogP contribution < -0.4 is 9.47 Å². The molecule has 0 atom stereocenters. The van der Waals surface area contributed by atoms with Gasteiger partial charge in [0.1, 0.15) is 11.2 Å². The molecule has 0 saturated heterocycles. The maximum Gasteiger partial charge on any atom is 0.338 e. The number of esters is 1. The highest BCUT2D eigenvalue weighted by Crippen LogP contribution is 2.40. The number of carbonyl (C=O) groups is 1. The van der Waals surface area contributed by atoms with Gasteiger partial charge in [0.05, 0.1) is 26.4 Å². The molecule has 3 rings (SSSR count). The van der Waals surface area contributed by atoms with Crippen molar-refractivity contribution in [3.8, 4) is 11.5 Å². The van der Waals surface area contributed by atoms with Gasteiger partial charge < -0.3 is 18.6 Å². The van der Waals surface area contributed by atoms with Crippen molar-refractivity contribution in [3.63, 3.8) is 0 Å². The molecule has 0 N–H and O–H groups in total. The summed E-state index contributed by atoms with van der Waals surface area (Å²) < 4.78 is 21.9. The SMILES string of the molecule is CCOC(=O)c1c(C)cc2oc3cc(OC)c(OC)cc3c2c1C. The maximum atomic E-state index is 12.3. The molecule has 0 amide bonds. The molecule has 0 spiro atoms. The van der Waals surface area contributed by atoms with Crippen molar-refractivity contribution in [2.45, 2.75) is 20.8 Å². The molecule has 3 aromatic rings. The zero-order valence-electron chi connectivity index (χ0n) is 14.5.